The zero-order valence-electron chi connectivity index (χ0n) is 15.1. The molecule has 0 saturated carbocycles. The number of rotatable bonds is 6. The lowest BCUT2D eigenvalue weighted by Crippen LogP contribution is -2.49. The van der Waals surface area contributed by atoms with Crippen LogP contribution in [0.5, 0.6) is 17.2 Å². The van der Waals surface area contributed by atoms with Gasteiger partial charge in [0.25, 0.3) is 5.91 Å². The fourth-order valence-corrected chi connectivity index (χ4v) is 2.71. The highest BCUT2D eigenvalue weighted by Gasteiger charge is 2.23. The Morgan fingerprint density at radius 1 is 1.08 bits per heavy atom. The van der Waals surface area contributed by atoms with Gasteiger partial charge in [-0.3, -0.25) is 9.59 Å². The monoisotopic (exact) mass is 351 g/mol. The molecule has 0 unspecified atom stereocenters. The molecule has 8 heteroatoms. The van der Waals surface area contributed by atoms with Gasteiger partial charge in [0.2, 0.25) is 11.7 Å². The topological polar surface area (TPSA) is 80.3 Å². The number of methoxy groups -OCH3 is 3. The van der Waals surface area contributed by atoms with Crippen LogP contribution in [-0.2, 0) is 4.79 Å². The zero-order chi connectivity index (χ0) is 18.4. The van der Waals surface area contributed by atoms with Crippen LogP contribution in [0.15, 0.2) is 12.1 Å². The van der Waals surface area contributed by atoms with Crippen LogP contribution in [0.2, 0.25) is 0 Å². The maximum Gasteiger partial charge on any atom is 0.254 e. The third-order valence-electron chi connectivity index (χ3n) is 4.10. The minimum absolute atomic E-state index is 0.0233. The Bertz CT molecular complexity index is 604. The van der Waals surface area contributed by atoms with Crippen LogP contribution in [0.4, 0.5) is 0 Å². The predicted octanol–water partition coefficient (Wildman–Crippen LogP) is 0.216. The molecule has 1 aliphatic heterocycles. The molecule has 1 fully saturated rings. The highest BCUT2D eigenvalue weighted by Crippen LogP contribution is 2.38. The molecule has 2 amide bonds. The molecular weight excluding hydrogens is 326 g/mol. The Hall–Kier alpha value is -2.48. The third kappa shape index (κ3) is 4.33. The average Bonchev–Trinajstić information content (AvgIpc) is 2.66. The van der Waals surface area contributed by atoms with Crippen LogP contribution in [0.1, 0.15) is 10.4 Å². The molecule has 1 aliphatic rings. The molecule has 1 aromatic rings. The molecule has 0 spiro atoms. The van der Waals surface area contributed by atoms with Gasteiger partial charge in [0, 0.05) is 38.8 Å². The van der Waals surface area contributed by atoms with Crippen LogP contribution in [0.25, 0.3) is 0 Å². The molecular formula is C17H25N3O5. The van der Waals surface area contributed by atoms with E-state index in [9.17, 15) is 9.59 Å². The van der Waals surface area contributed by atoms with Crippen LogP contribution >= 0.6 is 0 Å². The second kappa shape index (κ2) is 8.57. The summed E-state index contributed by atoms with van der Waals surface area (Å²) in [5.74, 6) is 0.854. The molecule has 1 aromatic carbocycles. The molecule has 0 aliphatic carbocycles. The highest BCUT2D eigenvalue weighted by molar-refractivity contribution is 5.97. The number of nitrogens with one attached hydrogen (secondary N) is 1. The van der Waals surface area contributed by atoms with Crippen molar-refractivity contribution in [2.24, 2.45) is 0 Å². The normalized spacial score (nSPS) is 14.0. The van der Waals surface area contributed by atoms with Gasteiger partial charge < -0.3 is 29.3 Å². The van der Waals surface area contributed by atoms with Crippen molar-refractivity contribution >= 4 is 11.8 Å². The van der Waals surface area contributed by atoms with E-state index < -0.39 is 0 Å². The summed E-state index contributed by atoms with van der Waals surface area (Å²) in [4.78, 5) is 28.2. The number of ether oxygens (including phenoxy) is 3. The predicted molar refractivity (Wildman–Crippen MR) is 92.5 cm³/mol. The first kappa shape index (κ1) is 18.9. The number of likely N-dealkylation sites (N-methyl/N-ethyl adjacent to an activating group) is 1. The first-order valence-corrected chi connectivity index (χ1v) is 8.05. The molecule has 138 valence electrons. The van der Waals surface area contributed by atoms with E-state index in [1.54, 1.807) is 24.1 Å². The molecule has 1 heterocycles. The van der Waals surface area contributed by atoms with Crippen LogP contribution < -0.4 is 19.5 Å². The van der Waals surface area contributed by atoms with Crippen molar-refractivity contribution in [3.63, 3.8) is 0 Å². The van der Waals surface area contributed by atoms with E-state index in [0.29, 0.717) is 35.9 Å². The minimum Gasteiger partial charge on any atom is -0.493 e. The standard InChI is InChI=1S/C17H25N3O5/c1-19(11-15(21)20-7-5-18-6-8-20)17(22)12-9-13(23-2)16(25-4)14(10-12)24-3/h9-10,18H,5-8,11H2,1-4H3. The molecule has 0 radical (unpaired) electrons. The number of hydrogen-bond acceptors (Lipinski definition) is 6. The van der Waals surface area contributed by atoms with Gasteiger partial charge in [-0.1, -0.05) is 0 Å². The number of nitrogens with zero attached hydrogens (tertiary/aromatic N) is 2. The smallest absolute Gasteiger partial charge is 0.254 e. The Kier molecular flexibility index (Phi) is 6.46. The number of benzene rings is 1. The lowest BCUT2D eigenvalue weighted by Gasteiger charge is -2.29. The van der Waals surface area contributed by atoms with Crippen molar-refractivity contribution in [3.05, 3.63) is 17.7 Å². The molecule has 0 aromatic heterocycles. The fraction of sp³-hybridized carbons (Fsp3) is 0.529. The Morgan fingerprint density at radius 3 is 2.12 bits per heavy atom. The van der Waals surface area contributed by atoms with Crippen LogP contribution in [-0.4, -0.2) is 82.7 Å². The van der Waals surface area contributed by atoms with Crippen LogP contribution in [0, 0.1) is 0 Å². The summed E-state index contributed by atoms with van der Waals surface area (Å²) in [7, 11) is 6.08. The van der Waals surface area contributed by atoms with Gasteiger partial charge >= 0.3 is 0 Å². The fourth-order valence-electron chi connectivity index (χ4n) is 2.71. The van der Waals surface area contributed by atoms with Crippen molar-refractivity contribution in [1.29, 1.82) is 0 Å². The first-order chi connectivity index (χ1) is 12.0. The highest BCUT2D eigenvalue weighted by atomic mass is 16.5. The Labute approximate surface area is 147 Å². The lowest BCUT2D eigenvalue weighted by atomic mass is 10.1. The zero-order valence-corrected chi connectivity index (χ0v) is 15.1. The van der Waals surface area contributed by atoms with E-state index in [1.807, 2.05) is 0 Å². The summed E-state index contributed by atoms with van der Waals surface area (Å²) in [6.45, 7) is 2.89. The molecule has 8 nitrogen and oxygen atoms in total. The summed E-state index contributed by atoms with van der Waals surface area (Å²) in [6.07, 6.45) is 0. The van der Waals surface area contributed by atoms with E-state index >= 15 is 0 Å². The van der Waals surface area contributed by atoms with E-state index in [4.69, 9.17) is 14.2 Å². The van der Waals surface area contributed by atoms with Gasteiger partial charge in [0.1, 0.15) is 0 Å². The minimum atomic E-state index is -0.289. The molecule has 25 heavy (non-hydrogen) atoms. The summed E-state index contributed by atoms with van der Waals surface area (Å²) in [6, 6.07) is 3.16. The van der Waals surface area contributed by atoms with Gasteiger partial charge in [0.15, 0.2) is 11.5 Å². The van der Waals surface area contributed by atoms with E-state index in [1.165, 1.54) is 26.2 Å². The SMILES string of the molecule is COc1cc(C(=O)N(C)CC(=O)N2CCNCC2)cc(OC)c1OC. The summed E-state index contributed by atoms with van der Waals surface area (Å²) in [5, 5.41) is 3.19. The molecule has 2 rings (SSSR count). The average molecular weight is 351 g/mol. The van der Waals surface area contributed by atoms with Gasteiger partial charge in [-0.15, -0.1) is 0 Å². The first-order valence-electron chi connectivity index (χ1n) is 8.05. The second-order valence-electron chi connectivity index (χ2n) is 5.71. The van der Waals surface area contributed by atoms with Crippen molar-refractivity contribution < 1.29 is 23.8 Å². The van der Waals surface area contributed by atoms with Crippen molar-refractivity contribution in [1.82, 2.24) is 15.1 Å². The molecule has 0 atom stereocenters. The van der Waals surface area contributed by atoms with Crippen molar-refractivity contribution in [3.8, 4) is 17.2 Å². The second-order valence-corrected chi connectivity index (χ2v) is 5.71. The van der Waals surface area contributed by atoms with Gasteiger partial charge in [-0.2, -0.15) is 0 Å². The van der Waals surface area contributed by atoms with Gasteiger partial charge in [-0.05, 0) is 12.1 Å². The maximum absolute atomic E-state index is 12.7. The number of hydrogen-bond donors (Lipinski definition) is 1. The summed E-state index contributed by atoms with van der Waals surface area (Å²) < 4.78 is 15.8. The lowest BCUT2D eigenvalue weighted by molar-refractivity contribution is -0.132. The number of carbonyl (C=O) groups excluding carboxylic acids is 2. The largest absolute Gasteiger partial charge is 0.493 e. The van der Waals surface area contributed by atoms with Gasteiger partial charge in [-0.25, -0.2) is 0 Å². The Balaban J connectivity index is 2.14. The third-order valence-corrected chi connectivity index (χ3v) is 4.10. The summed E-state index contributed by atoms with van der Waals surface area (Å²) in [5.41, 5.74) is 0.366. The number of carbonyl (C=O) groups is 2. The quantitative estimate of drug-likeness (QED) is 0.790. The Morgan fingerprint density at radius 2 is 1.64 bits per heavy atom. The van der Waals surface area contributed by atoms with Crippen LogP contribution in [0.3, 0.4) is 0 Å². The van der Waals surface area contributed by atoms with E-state index in [2.05, 4.69) is 5.32 Å². The van der Waals surface area contributed by atoms with E-state index in [-0.39, 0.29) is 18.4 Å². The summed E-state index contributed by atoms with van der Waals surface area (Å²) >= 11 is 0. The molecule has 1 N–H and O–H groups in total. The molecule has 0 bridgehead atoms. The number of piperazine rings is 1. The van der Waals surface area contributed by atoms with Gasteiger partial charge in [0.05, 0.1) is 27.9 Å². The maximum atomic E-state index is 12.7. The number of amides is 2. The molecule has 1 saturated heterocycles. The van der Waals surface area contributed by atoms with E-state index in [0.717, 1.165) is 13.1 Å². The van der Waals surface area contributed by atoms with Crippen molar-refractivity contribution in [2.75, 3.05) is 61.1 Å². The van der Waals surface area contributed by atoms with Crippen molar-refractivity contribution in [2.45, 2.75) is 0 Å².